The Hall–Kier alpha value is -1.47. The van der Waals surface area contributed by atoms with E-state index < -0.39 is 11.0 Å². The Bertz CT molecular complexity index is 497. The first-order chi connectivity index (χ1) is 8.99. The lowest BCUT2D eigenvalue weighted by Gasteiger charge is -2.28. The Kier molecular flexibility index (Phi) is 4.16. The number of halogens is 1. The van der Waals surface area contributed by atoms with E-state index in [-0.39, 0.29) is 22.7 Å². The maximum atomic E-state index is 11.0. The normalized spacial score (nSPS) is 23.1. The molecule has 1 heterocycles. The van der Waals surface area contributed by atoms with Crippen molar-refractivity contribution in [2.45, 2.75) is 44.8 Å². The summed E-state index contributed by atoms with van der Waals surface area (Å²) in [5, 5.41) is 23.7. The molecule has 2 rings (SSSR count). The van der Waals surface area contributed by atoms with Gasteiger partial charge in [0.15, 0.2) is 0 Å². The van der Waals surface area contributed by atoms with Gasteiger partial charge in [0, 0.05) is 0 Å². The molecule has 0 bridgehead atoms. The fourth-order valence-corrected chi connectivity index (χ4v) is 2.53. The summed E-state index contributed by atoms with van der Waals surface area (Å²) in [6.45, 7) is 1.61. The summed E-state index contributed by atoms with van der Waals surface area (Å²) < 4.78 is 0. The van der Waals surface area contributed by atoms with Crippen LogP contribution >= 0.6 is 11.6 Å². The van der Waals surface area contributed by atoms with Gasteiger partial charge in [0.25, 0.3) is 0 Å². The van der Waals surface area contributed by atoms with Gasteiger partial charge in [0.05, 0.1) is 17.1 Å². The maximum absolute atomic E-state index is 11.0. The van der Waals surface area contributed by atoms with Gasteiger partial charge in [0.2, 0.25) is 11.0 Å². The van der Waals surface area contributed by atoms with E-state index >= 15 is 0 Å². The molecule has 19 heavy (non-hydrogen) atoms. The number of anilines is 1. The molecule has 1 fully saturated rings. The van der Waals surface area contributed by atoms with Gasteiger partial charge in [-0.05, 0) is 19.8 Å². The van der Waals surface area contributed by atoms with E-state index in [0.717, 1.165) is 19.3 Å². The summed E-state index contributed by atoms with van der Waals surface area (Å²) in [5.74, 6) is 0.428. The summed E-state index contributed by atoms with van der Waals surface area (Å²) in [6.07, 6.45) is 2.84. The summed E-state index contributed by atoms with van der Waals surface area (Å²) in [5.41, 5.74) is -0.343. The molecule has 0 aliphatic heterocycles. The first kappa shape index (κ1) is 14.0. The van der Waals surface area contributed by atoms with Gasteiger partial charge >= 0.3 is 5.69 Å². The number of rotatable bonds is 3. The highest BCUT2D eigenvalue weighted by Gasteiger charge is 2.28. The summed E-state index contributed by atoms with van der Waals surface area (Å²) in [7, 11) is 0. The fourth-order valence-electron chi connectivity index (χ4n) is 2.25. The molecule has 0 unspecified atom stereocenters. The molecule has 1 aliphatic rings. The number of nitro groups is 1. The summed E-state index contributed by atoms with van der Waals surface area (Å²) in [6, 6.07) is -0.238. The van der Waals surface area contributed by atoms with Crippen LogP contribution in [-0.4, -0.2) is 32.1 Å². The van der Waals surface area contributed by atoms with Crippen molar-refractivity contribution in [2.75, 3.05) is 5.32 Å². The fraction of sp³-hybridized carbons (Fsp3) is 0.636. The van der Waals surface area contributed by atoms with Crippen LogP contribution < -0.4 is 5.32 Å². The van der Waals surface area contributed by atoms with Crippen molar-refractivity contribution in [1.82, 2.24) is 9.97 Å². The quantitative estimate of drug-likeness (QED) is 0.501. The predicted octanol–water partition coefficient (Wildman–Crippen LogP) is 2.06. The lowest BCUT2D eigenvalue weighted by Crippen LogP contribution is -2.36. The van der Waals surface area contributed by atoms with Crippen LogP contribution in [0.15, 0.2) is 0 Å². The predicted molar refractivity (Wildman–Crippen MR) is 70.3 cm³/mol. The zero-order chi connectivity index (χ0) is 14.0. The standard InChI is InChI=1S/C11H15ClN4O3/c1-6-13-10(12)9(16(18)19)11(14-6)15-7-4-2-3-5-8(7)17/h7-8,17H,2-5H2,1H3,(H,13,14,15)/t7-,8-/m0/s1. The van der Waals surface area contributed by atoms with Crippen molar-refractivity contribution in [3.05, 3.63) is 21.1 Å². The minimum atomic E-state index is -0.612. The topological polar surface area (TPSA) is 101 Å². The average molecular weight is 287 g/mol. The third-order valence-electron chi connectivity index (χ3n) is 3.19. The minimum absolute atomic E-state index is 0.0773. The number of nitrogens with one attached hydrogen (secondary N) is 1. The monoisotopic (exact) mass is 286 g/mol. The average Bonchev–Trinajstić information content (AvgIpc) is 2.30. The molecule has 7 nitrogen and oxygen atoms in total. The van der Waals surface area contributed by atoms with Gasteiger partial charge in [0.1, 0.15) is 5.82 Å². The van der Waals surface area contributed by atoms with Crippen LogP contribution in [0.1, 0.15) is 31.5 Å². The second kappa shape index (κ2) is 5.66. The van der Waals surface area contributed by atoms with Crippen molar-refractivity contribution in [1.29, 1.82) is 0 Å². The molecule has 2 N–H and O–H groups in total. The van der Waals surface area contributed by atoms with Crippen LogP contribution in [0.4, 0.5) is 11.5 Å². The number of hydrogen-bond donors (Lipinski definition) is 2. The number of nitrogens with zero attached hydrogens (tertiary/aromatic N) is 3. The molecular formula is C11H15ClN4O3. The van der Waals surface area contributed by atoms with Crippen molar-refractivity contribution in [3.8, 4) is 0 Å². The van der Waals surface area contributed by atoms with Crippen LogP contribution in [0.5, 0.6) is 0 Å². The number of aryl methyl sites for hydroxylation is 1. The van der Waals surface area contributed by atoms with Gasteiger partial charge < -0.3 is 10.4 Å². The van der Waals surface area contributed by atoms with Crippen molar-refractivity contribution < 1.29 is 10.0 Å². The van der Waals surface area contributed by atoms with Crippen molar-refractivity contribution in [3.63, 3.8) is 0 Å². The third-order valence-corrected chi connectivity index (χ3v) is 3.45. The highest BCUT2D eigenvalue weighted by Crippen LogP contribution is 2.31. The van der Waals surface area contributed by atoms with Gasteiger partial charge in [-0.25, -0.2) is 9.97 Å². The Labute approximate surface area is 115 Å². The molecule has 1 aromatic rings. The number of aromatic nitrogens is 2. The number of aliphatic hydroxyl groups is 1. The molecule has 1 saturated carbocycles. The molecule has 0 spiro atoms. The smallest absolute Gasteiger partial charge is 0.348 e. The van der Waals surface area contributed by atoms with Gasteiger partial charge in [-0.1, -0.05) is 24.4 Å². The Morgan fingerprint density at radius 2 is 2.11 bits per heavy atom. The SMILES string of the molecule is Cc1nc(Cl)c([N+](=O)[O-])c(N[C@H]2CCCC[C@@H]2O)n1. The largest absolute Gasteiger partial charge is 0.391 e. The van der Waals surface area contributed by atoms with Crippen LogP contribution in [0, 0.1) is 17.0 Å². The number of aliphatic hydroxyl groups excluding tert-OH is 1. The van der Waals surface area contributed by atoms with Crippen LogP contribution in [-0.2, 0) is 0 Å². The van der Waals surface area contributed by atoms with Gasteiger partial charge in [-0.3, -0.25) is 10.1 Å². The van der Waals surface area contributed by atoms with Crippen LogP contribution in [0.2, 0.25) is 5.15 Å². The van der Waals surface area contributed by atoms with E-state index in [1.54, 1.807) is 6.92 Å². The Morgan fingerprint density at radius 3 is 2.74 bits per heavy atom. The molecule has 104 valence electrons. The lowest BCUT2D eigenvalue weighted by atomic mass is 9.92. The van der Waals surface area contributed by atoms with Gasteiger partial charge in [-0.2, -0.15) is 0 Å². The van der Waals surface area contributed by atoms with Gasteiger partial charge in [-0.15, -0.1) is 0 Å². The molecule has 0 saturated heterocycles. The first-order valence-corrected chi connectivity index (χ1v) is 6.50. The van der Waals surface area contributed by atoms with E-state index in [4.69, 9.17) is 11.6 Å². The zero-order valence-electron chi connectivity index (χ0n) is 10.5. The van der Waals surface area contributed by atoms with E-state index in [9.17, 15) is 15.2 Å². The molecule has 2 atom stereocenters. The second-order valence-electron chi connectivity index (χ2n) is 4.62. The van der Waals surface area contributed by atoms with E-state index in [1.165, 1.54) is 0 Å². The van der Waals surface area contributed by atoms with Crippen molar-refractivity contribution in [2.24, 2.45) is 0 Å². The molecule has 0 radical (unpaired) electrons. The van der Waals surface area contributed by atoms with Crippen molar-refractivity contribution >= 4 is 23.1 Å². The second-order valence-corrected chi connectivity index (χ2v) is 4.98. The summed E-state index contributed by atoms with van der Waals surface area (Å²) >= 11 is 5.79. The first-order valence-electron chi connectivity index (χ1n) is 6.12. The third kappa shape index (κ3) is 3.10. The Balaban J connectivity index is 2.30. The lowest BCUT2D eigenvalue weighted by molar-refractivity contribution is -0.384. The van der Waals surface area contributed by atoms with E-state index in [1.807, 2.05) is 0 Å². The molecule has 8 heteroatoms. The highest BCUT2D eigenvalue weighted by atomic mass is 35.5. The number of hydrogen-bond acceptors (Lipinski definition) is 6. The van der Waals surface area contributed by atoms with Crippen LogP contribution in [0.25, 0.3) is 0 Å². The summed E-state index contributed by atoms with van der Waals surface area (Å²) in [4.78, 5) is 18.2. The van der Waals surface area contributed by atoms with E-state index in [2.05, 4.69) is 15.3 Å². The molecule has 1 aromatic heterocycles. The molecular weight excluding hydrogens is 272 g/mol. The molecule has 0 amide bonds. The van der Waals surface area contributed by atoms with E-state index in [0.29, 0.717) is 12.2 Å². The molecule has 0 aromatic carbocycles. The highest BCUT2D eigenvalue weighted by molar-refractivity contribution is 6.31. The maximum Gasteiger partial charge on any atom is 0.348 e. The zero-order valence-corrected chi connectivity index (χ0v) is 11.2. The van der Waals surface area contributed by atoms with Crippen LogP contribution in [0.3, 0.4) is 0 Å². The molecule has 1 aliphatic carbocycles. The Morgan fingerprint density at radius 1 is 1.42 bits per heavy atom. The minimum Gasteiger partial charge on any atom is -0.391 e.